The molecule has 3 rings (SSSR count). The number of aromatic nitrogens is 1. The minimum absolute atomic E-state index is 0.0275. The maximum atomic E-state index is 11.9. The second kappa shape index (κ2) is 7.02. The number of rotatable bonds is 5. The molecule has 1 N–H and O–H groups in total. The lowest BCUT2D eigenvalue weighted by atomic mass is 10.2. The molecule has 0 fully saturated rings. The number of aryl methyl sites for hydroxylation is 1. The number of para-hydroxylation sites is 2. The van der Waals surface area contributed by atoms with E-state index in [2.05, 4.69) is 10.3 Å². The van der Waals surface area contributed by atoms with E-state index in [-0.39, 0.29) is 12.0 Å². The first-order chi connectivity index (χ1) is 10.7. The van der Waals surface area contributed by atoms with Gasteiger partial charge in [0.2, 0.25) is 5.91 Å². The molecule has 0 aliphatic carbocycles. The lowest BCUT2D eigenvalue weighted by molar-refractivity contribution is -0.119. The van der Waals surface area contributed by atoms with Crippen LogP contribution >= 0.6 is 23.1 Å². The highest BCUT2D eigenvalue weighted by Crippen LogP contribution is 2.30. The molecule has 0 bridgehead atoms. The normalized spacial score (nSPS) is 16.3. The first kappa shape index (κ1) is 15.2. The highest BCUT2D eigenvalue weighted by atomic mass is 32.2. The number of hydrogen-bond donors (Lipinski definition) is 1. The van der Waals surface area contributed by atoms with Crippen LogP contribution in [0.2, 0.25) is 0 Å². The van der Waals surface area contributed by atoms with Gasteiger partial charge in [-0.3, -0.25) is 4.79 Å². The summed E-state index contributed by atoms with van der Waals surface area (Å²) in [5.41, 5.74) is 0.985. The Hall–Kier alpha value is -1.73. The lowest BCUT2D eigenvalue weighted by Gasteiger charge is -2.26. The average Bonchev–Trinajstić information content (AvgIpc) is 2.96. The number of ether oxygens (including phenoxy) is 2. The van der Waals surface area contributed by atoms with Crippen molar-refractivity contribution in [3.63, 3.8) is 0 Å². The van der Waals surface area contributed by atoms with Gasteiger partial charge in [-0.1, -0.05) is 23.9 Å². The van der Waals surface area contributed by atoms with Crippen molar-refractivity contribution in [2.45, 2.75) is 17.4 Å². The summed E-state index contributed by atoms with van der Waals surface area (Å²) in [6.07, 6.45) is -0.161. The van der Waals surface area contributed by atoms with Crippen LogP contribution < -0.4 is 14.8 Å². The van der Waals surface area contributed by atoms with Gasteiger partial charge in [0.15, 0.2) is 15.8 Å². The fourth-order valence-corrected chi connectivity index (χ4v) is 3.65. The van der Waals surface area contributed by atoms with Crippen molar-refractivity contribution < 1.29 is 14.3 Å². The number of thioether (sulfide) groups is 1. The van der Waals surface area contributed by atoms with E-state index in [1.165, 1.54) is 11.8 Å². The average molecular weight is 336 g/mol. The summed E-state index contributed by atoms with van der Waals surface area (Å²) in [5, 5.41) is 4.85. The predicted octanol–water partition coefficient (Wildman–Crippen LogP) is 2.50. The van der Waals surface area contributed by atoms with E-state index >= 15 is 0 Å². The zero-order chi connectivity index (χ0) is 15.4. The molecule has 0 radical (unpaired) electrons. The third-order valence-electron chi connectivity index (χ3n) is 3.02. The van der Waals surface area contributed by atoms with E-state index in [0.29, 0.717) is 18.9 Å². The number of nitrogens with zero attached hydrogens (tertiary/aromatic N) is 1. The molecule has 1 aliphatic heterocycles. The second-order valence-electron chi connectivity index (χ2n) is 4.85. The number of benzene rings is 1. The van der Waals surface area contributed by atoms with Crippen LogP contribution in [0.1, 0.15) is 5.69 Å². The molecule has 7 heteroatoms. The maximum Gasteiger partial charge on any atom is 0.230 e. The minimum atomic E-state index is -0.161. The third kappa shape index (κ3) is 3.92. The summed E-state index contributed by atoms with van der Waals surface area (Å²) in [7, 11) is 0. The zero-order valence-corrected chi connectivity index (χ0v) is 13.7. The Morgan fingerprint density at radius 3 is 3.05 bits per heavy atom. The number of carbonyl (C=O) groups is 1. The number of nitrogens with one attached hydrogen (secondary N) is 1. The second-order valence-corrected chi connectivity index (χ2v) is 6.93. The molecule has 1 atom stereocenters. The van der Waals surface area contributed by atoms with Gasteiger partial charge in [-0.05, 0) is 19.1 Å². The maximum absolute atomic E-state index is 11.9. The molecule has 116 valence electrons. The smallest absolute Gasteiger partial charge is 0.230 e. The monoisotopic (exact) mass is 336 g/mol. The quantitative estimate of drug-likeness (QED) is 0.850. The van der Waals surface area contributed by atoms with E-state index in [1.807, 2.05) is 36.6 Å². The Balaban J connectivity index is 1.42. The molecule has 1 aromatic heterocycles. The van der Waals surface area contributed by atoms with Crippen molar-refractivity contribution in [3.05, 3.63) is 35.3 Å². The molecule has 1 aromatic carbocycles. The van der Waals surface area contributed by atoms with Crippen molar-refractivity contribution in [1.82, 2.24) is 10.3 Å². The predicted molar refractivity (Wildman–Crippen MR) is 86.9 cm³/mol. The van der Waals surface area contributed by atoms with Gasteiger partial charge in [-0.15, -0.1) is 11.3 Å². The van der Waals surface area contributed by atoms with Crippen molar-refractivity contribution >= 4 is 29.0 Å². The molecule has 0 saturated heterocycles. The molecule has 1 unspecified atom stereocenters. The third-order valence-corrected chi connectivity index (χ3v) is 5.16. The van der Waals surface area contributed by atoms with Crippen LogP contribution in [0.4, 0.5) is 0 Å². The van der Waals surface area contributed by atoms with E-state index in [4.69, 9.17) is 9.47 Å². The molecule has 1 aliphatic rings. The van der Waals surface area contributed by atoms with Gasteiger partial charge in [0.05, 0.1) is 12.3 Å². The molecule has 2 aromatic rings. The number of hydrogen-bond acceptors (Lipinski definition) is 6. The topological polar surface area (TPSA) is 60.5 Å². The van der Waals surface area contributed by atoms with Crippen LogP contribution in [0.5, 0.6) is 11.5 Å². The minimum Gasteiger partial charge on any atom is -0.486 e. The molecule has 2 heterocycles. The molecule has 0 spiro atoms. The lowest BCUT2D eigenvalue weighted by Crippen LogP contribution is -2.41. The highest BCUT2D eigenvalue weighted by Gasteiger charge is 2.21. The highest BCUT2D eigenvalue weighted by molar-refractivity contribution is 8.01. The Morgan fingerprint density at radius 1 is 1.45 bits per heavy atom. The van der Waals surface area contributed by atoms with Gasteiger partial charge < -0.3 is 14.8 Å². The summed E-state index contributed by atoms with van der Waals surface area (Å²) >= 11 is 3.00. The van der Waals surface area contributed by atoms with E-state index in [1.54, 1.807) is 11.3 Å². The first-order valence-corrected chi connectivity index (χ1v) is 8.77. The van der Waals surface area contributed by atoms with Gasteiger partial charge in [0.1, 0.15) is 12.7 Å². The summed E-state index contributed by atoms with van der Waals surface area (Å²) in [6, 6.07) is 7.54. The van der Waals surface area contributed by atoms with Crippen molar-refractivity contribution in [3.8, 4) is 11.5 Å². The van der Waals surface area contributed by atoms with Gasteiger partial charge in [0, 0.05) is 11.1 Å². The van der Waals surface area contributed by atoms with E-state index < -0.39 is 0 Å². The molecule has 5 nitrogen and oxygen atoms in total. The number of fused-ring (bicyclic) bond motifs is 1. The van der Waals surface area contributed by atoms with Crippen LogP contribution in [-0.2, 0) is 4.79 Å². The fraction of sp³-hybridized carbons (Fsp3) is 0.333. The van der Waals surface area contributed by atoms with Crippen molar-refractivity contribution in [2.75, 3.05) is 18.9 Å². The molecule has 0 saturated carbocycles. The zero-order valence-electron chi connectivity index (χ0n) is 12.1. The van der Waals surface area contributed by atoms with Crippen molar-refractivity contribution in [2.24, 2.45) is 0 Å². The fourth-order valence-electron chi connectivity index (χ4n) is 1.97. The number of amides is 1. The standard InChI is InChI=1S/C15H16N2O3S2/c1-10-8-21-15(17-10)22-9-14(18)16-6-11-7-19-12-4-2-3-5-13(12)20-11/h2-5,8,11H,6-7,9H2,1H3,(H,16,18). The summed E-state index contributed by atoms with van der Waals surface area (Å²) in [5.74, 6) is 1.80. The number of carbonyl (C=O) groups excluding carboxylic acids is 1. The van der Waals surface area contributed by atoms with Gasteiger partial charge >= 0.3 is 0 Å². The van der Waals surface area contributed by atoms with Crippen LogP contribution in [0.15, 0.2) is 34.0 Å². The Bertz CT molecular complexity index is 660. The number of thiazole rings is 1. The van der Waals surface area contributed by atoms with Gasteiger partial charge in [-0.2, -0.15) is 0 Å². The Morgan fingerprint density at radius 2 is 2.27 bits per heavy atom. The van der Waals surface area contributed by atoms with Gasteiger partial charge in [-0.25, -0.2) is 4.98 Å². The summed E-state index contributed by atoms with van der Waals surface area (Å²) < 4.78 is 12.3. The van der Waals surface area contributed by atoms with E-state index in [0.717, 1.165) is 21.5 Å². The van der Waals surface area contributed by atoms with Crippen LogP contribution in [0.3, 0.4) is 0 Å². The Labute approximate surface area is 137 Å². The Kier molecular flexibility index (Phi) is 4.84. The largest absolute Gasteiger partial charge is 0.486 e. The molecular weight excluding hydrogens is 320 g/mol. The van der Waals surface area contributed by atoms with Crippen LogP contribution in [0, 0.1) is 6.92 Å². The first-order valence-electron chi connectivity index (χ1n) is 6.91. The molecule has 22 heavy (non-hydrogen) atoms. The molecule has 1 amide bonds. The van der Waals surface area contributed by atoms with Crippen LogP contribution in [-0.4, -0.2) is 35.9 Å². The summed E-state index contributed by atoms with van der Waals surface area (Å²) in [6.45, 7) is 2.82. The van der Waals surface area contributed by atoms with Gasteiger partial charge in [0.25, 0.3) is 0 Å². The molecular formula is C15H16N2O3S2. The van der Waals surface area contributed by atoms with E-state index in [9.17, 15) is 4.79 Å². The van der Waals surface area contributed by atoms with Crippen LogP contribution in [0.25, 0.3) is 0 Å². The SMILES string of the molecule is Cc1csc(SCC(=O)NCC2COc3ccccc3O2)n1. The summed E-state index contributed by atoms with van der Waals surface area (Å²) in [4.78, 5) is 16.2. The van der Waals surface area contributed by atoms with Crippen molar-refractivity contribution in [1.29, 1.82) is 0 Å².